The van der Waals surface area contributed by atoms with E-state index in [1.54, 1.807) is 23.9 Å². The first-order chi connectivity index (χ1) is 12.7. The Morgan fingerprint density at radius 2 is 1.54 bits per heavy atom. The molecule has 126 valence electrons. The van der Waals surface area contributed by atoms with Crippen LogP contribution in [-0.4, -0.2) is 11.5 Å². The molecule has 0 bridgehead atoms. The maximum Gasteiger partial charge on any atom is 0.174 e. The zero-order chi connectivity index (χ0) is 17.7. The zero-order valence-corrected chi connectivity index (χ0v) is 14.5. The van der Waals surface area contributed by atoms with Crippen molar-refractivity contribution in [3.63, 3.8) is 0 Å². The highest BCUT2D eigenvalue weighted by Gasteiger charge is 2.44. The number of para-hydroxylation sites is 1. The third-order valence-corrected chi connectivity index (χ3v) is 6.30. The highest BCUT2D eigenvalue weighted by molar-refractivity contribution is 7.99. The maximum absolute atomic E-state index is 13.4. The fourth-order valence-electron chi connectivity index (χ4n) is 3.69. The smallest absolute Gasteiger partial charge is 0.174 e. The van der Waals surface area contributed by atoms with E-state index in [2.05, 4.69) is 0 Å². The molecule has 0 aromatic heterocycles. The molecule has 0 unspecified atom stereocenters. The van der Waals surface area contributed by atoms with Crippen LogP contribution in [0.2, 0.25) is 0 Å². The number of ketones is 1. The number of hydrogen-bond donors (Lipinski definition) is 0. The lowest BCUT2D eigenvalue weighted by atomic mass is 9.93. The highest BCUT2D eigenvalue weighted by Crippen LogP contribution is 2.51. The van der Waals surface area contributed by atoms with Gasteiger partial charge in [-0.3, -0.25) is 9.79 Å². The number of carbonyl (C=O) groups excluding carboxylic acids is 1. The Hall–Kier alpha value is -2.72. The van der Waals surface area contributed by atoms with E-state index < -0.39 is 0 Å². The van der Waals surface area contributed by atoms with Gasteiger partial charge in [-0.05, 0) is 29.8 Å². The fraction of sp³-hybridized carbons (Fsp3) is 0.0909. The van der Waals surface area contributed by atoms with Gasteiger partial charge < -0.3 is 0 Å². The van der Waals surface area contributed by atoms with Crippen LogP contribution < -0.4 is 0 Å². The van der Waals surface area contributed by atoms with E-state index in [4.69, 9.17) is 4.99 Å². The molecule has 3 aromatic rings. The number of carbonyl (C=O) groups is 1. The molecule has 0 amide bonds. The fourth-order valence-corrected chi connectivity index (χ4v) is 5.03. The van der Waals surface area contributed by atoms with Crippen molar-refractivity contribution >= 4 is 28.9 Å². The molecule has 1 aliphatic heterocycles. The molecule has 0 saturated carbocycles. The Balaban J connectivity index is 1.75. The lowest BCUT2D eigenvalue weighted by Gasteiger charge is -2.21. The average Bonchev–Trinajstić information content (AvgIpc) is 2.84. The Bertz CT molecular complexity index is 1060. The normalized spacial score (nSPS) is 20.7. The van der Waals surface area contributed by atoms with Gasteiger partial charge in [0.15, 0.2) is 5.78 Å². The summed E-state index contributed by atoms with van der Waals surface area (Å²) in [6, 6.07) is 22.0. The van der Waals surface area contributed by atoms with Gasteiger partial charge in [0.1, 0.15) is 5.82 Å². The summed E-state index contributed by atoms with van der Waals surface area (Å²) in [6.07, 6.45) is 0. The summed E-state index contributed by atoms with van der Waals surface area (Å²) in [5.41, 5.74) is 4.27. The Labute approximate surface area is 154 Å². The minimum absolute atomic E-state index is 0.0916. The van der Waals surface area contributed by atoms with Crippen LogP contribution in [0.5, 0.6) is 0 Å². The van der Waals surface area contributed by atoms with E-state index in [1.807, 2.05) is 48.5 Å². The summed E-state index contributed by atoms with van der Waals surface area (Å²) in [7, 11) is 0. The van der Waals surface area contributed by atoms with Gasteiger partial charge in [0, 0.05) is 16.0 Å². The van der Waals surface area contributed by atoms with Crippen LogP contribution >= 0.6 is 11.8 Å². The van der Waals surface area contributed by atoms with Gasteiger partial charge in [-0.15, -0.1) is 11.8 Å². The third-order valence-electron chi connectivity index (χ3n) is 4.91. The van der Waals surface area contributed by atoms with Crippen molar-refractivity contribution in [3.05, 3.63) is 95.3 Å². The minimum atomic E-state index is -0.365. The molecular weight excluding hydrogens is 345 g/mol. The van der Waals surface area contributed by atoms with Crippen molar-refractivity contribution in [3.8, 4) is 0 Å². The summed E-state index contributed by atoms with van der Waals surface area (Å²) in [5.74, 6) is -0.549. The average molecular weight is 359 g/mol. The first kappa shape index (κ1) is 15.5. The maximum atomic E-state index is 13.4. The topological polar surface area (TPSA) is 29.4 Å². The third kappa shape index (κ3) is 2.33. The largest absolute Gasteiger partial charge is 0.293 e. The molecule has 2 atom stereocenters. The lowest BCUT2D eigenvalue weighted by molar-refractivity contribution is 0.0960. The lowest BCUT2D eigenvalue weighted by Crippen LogP contribution is -2.21. The van der Waals surface area contributed by atoms with Gasteiger partial charge in [0.05, 0.1) is 22.6 Å². The van der Waals surface area contributed by atoms with Crippen LogP contribution in [0.3, 0.4) is 0 Å². The predicted octanol–water partition coefficient (Wildman–Crippen LogP) is 5.61. The van der Waals surface area contributed by atoms with Gasteiger partial charge in [0.2, 0.25) is 0 Å². The van der Waals surface area contributed by atoms with Crippen LogP contribution in [0.25, 0.3) is 0 Å². The number of halogens is 1. The molecule has 0 saturated heterocycles. The molecule has 0 spiro atoms. The monoisotopic (exact) mass is 359 g/mol. The van der Waals surface area contributed by atoms with Crippen LogP contribution in [0.15, 0.2) is 82.7 Å². The van der Waals surface area contributed by atoms with Crippen LogP contribution in [-0.2, 0) is 0 Å². The van der Waals surface area contributed by atoms with E-state index >= 15 is 0 Å². The molecule has 0 radical (unpaired) electrons. The number of fused-ring (bicyclic) bond motifs is 4. The Morgan fingerprint density at radius 1 is 0.846 bits per heavy atom. The highest BCUT2D eigenvalue weighted by atomic mass is 32.2. The summed E-state index contributed by atoms with van der Waals surface area (Å²) < 4.78 is 13.4. The summed E-state index contributed by atoms with van der Waals surface area (Å²) in [6.45, 7) is 0. The standard InChI is InChI=1S/C22H14FNOS/c23-14-11-9-13(10-12-14)22-19-20(15-5-1-2-6-16(15)21(19)25)24-17-7-3-4-8-18(17)26-22/h1-12,19,22H/t19-,22-/m0/s1. The van der Waals surface area contributed by atoms with Crippen molar-refractivity contribution in [1.82, 2.24) is 0 Å². The SMILES string of the molecule is O=C1c2ccccc2C2=Nc3ccccc3S[C@@H](c3ccc(F)cc3)[C@H]12. The quantitative estimate of drug-likeness (QED) is 0.565. The van der Waals surface area contributed by atoms with Crippen molar-refractivity contribution in [1.29, 1.82) is 0 Å². The molecule has 1 aliphatic carbocycles. The minimum Gasteiger partial charge on any atom is -0.293 e. The van der Waals surface area contributed by atoms with E-state index in [-0.39, 0.29) is 22.8 Å². The number of benzene rings is 3. The second-order valence-electron chi connectivity index (χ2n) is 6.44. The molecule has 2 nitrogen and oxygen atoms in total. The molecular formula is C22H14FNOS. The number of rotatable bonds is 1. The van der Waals surface area contributed by atoms with Crippen LogP contribution in [0, 0.1) is 11.7 Å². The molecule has 5 rings (SSSR count). The second-order valence-corrected chi connectivity index (χ2v) is 7.63. The number of aliphatic imine (C=N–C) groups is 1. The molecule has 4 heteroatoms. The van der Waals surface area contributed by atoms with Gasteiger partial charge in [-0.25, -0.2) is 4.39 Å². The summed E-state index contributed by atoms with van der Waals surface area (Å²) in [4.78, 5) is 19.1. The molecule has 0 fully saturated rings. The first-order valence-electron chi connectivity index (χ1n) is 8.46. The zero-order valence-electron chi connectivity index (χ0n) is 13.7. The van der Waals surface area contributed by atoms with Crippen molar-refractivity contribution in [2.45, 2.75) is 10.1 Å². The molecule has 0 N–H and O–H groups in total. The number of nitrogens with zero attached hydrogens (tertiary/aromatic N) is 1. The van der Waals surface area contributed by atoms with Gasteiger partial charge in [-0.2, -0.15) is 0 Å². The number of thioether (sulfide) groups is 1. The van der Waals surface area contributed by atoms with Gasteiger partial charge in [-0.1, -0.05) is 48.5 Å². The Kier molecular flexibility index (Phi) is 3.54. The van der Waals surface area contributed by atoms with Crippen LogP contribution in [0.4, 0.5) is 10.1 Å². The number of Topliss-reactive ketones (excluding diaryl/α,β-unsaturated/α-hetero) is 1. The van der Waals surface area contributed by atoms with E-state index in [1.165, 1.54) is 12.1 Å². The Morgan fingerprint density at radius 3 is 2.35 bits per heavy atom. The summed E-state index contributed by atoms with van der Waals surface area (Å²) in [5, 5.41) is -0.141. The molecule has 2 aliphatic rings. The van der Waals surface area contributed by atoms with Gasteiger partial charge >= 0.3 is 0 Å². The predicted molar refractivity (Wildman–Crippen MR) is 102 cm³/mol. The second kappa shape index (κ2) is 5.92. The molecule has 1 heterocycles. The summed E-state index contributed by atoms with van der Waals surface area (Å²) >= 11 is 1.63. The van der Waals surface area contributed by atoms with Crippen molar-refractivity contribution in [2.75, 3.05) is 0 Å². The van der Waals surface area contributed by atoms with E-state index in [9.17, 15) is 9.18 Å². The van der Waals surface area contributed by atoms with Crippen molar-refractivity contribution < 1.29 is 9.18 Å². The van der Waals surface area contributed by atoms with E-state index in [0.717, 1.165) is 33.0 Å². The van der Waals surface area contributed by atoms with E-state index in [0.29, 0.717) is 0 Å². The first-order valence-corrected chi connectivity index (χ1v) is 9.34. The molecule has 3 aromatic carbocycles. The van der Waals surface area contributed by atoms with Gasteiger partial charge in [0.25, 0.3) is 0 Å². The number of hydrogen-bond acceptors (Lipinski definition) is 3. The van der Waals surface area contributed by atoms with Crippen LogP contribution in [0.1, 0.15) is 26.7 Å². The van der Waals surface area contributed by atoms with Crippen molar-refractivity contribution in [2.24, 2.45) is 10.9 Å². The molecule has 26 heavy (non-hydrogen) atoms.